The molecule has 12 nitrogen and oxygen atoms in total. The number of methoxy groups -OCH3 is 1. The largest absolute Gasteiger partial charge is 0.508 e. The average molecular weight is 476 g/mol. The molecule has 3 aromatic rings. The van der Waals surface area contributed by atoms with E-state index < -0.39 is 12.0 Å². The van der Waals surface area contributed by atoms with Crippen molar-refractivity contribution < 1.29 is 24.1 Å². The molecule has 1 fully saturated rings. The fourth-order valence-corrected chi connectivity index (χ4v) is 3.39. The maximum absolute atomic E-state index is 12.4. The second-order valence-corrected chi connectivity index (χ2v) is 7.51. The van der Waals surface area contributed by atoms with Gasteiger partial charge in [0.25, 0.3) is 0 Å². The van der Waals surface area contributed by atoms with Gasteiger partial charge < -0.3 is 24.2 Å². The molecular formula is C20H22ClN7O5. The number of esters is 1. The molecule has 1 saturated heterocycles. The molecule has 0 aliphatic carbocycles. The Hall–Kier alpha value is -3.51. The van der Waals surface area contributed by atoms with E-state index in [1.54, 1.807) is 30.5 Å². The first-order valence-electron chi connectivity index (χ1n) is 10.2. The Labute approximate surface area is 194 Å². The minimum Gasteiger partial charge on any atom is -0.508 e. The first-order chi connectivity index (χ1) is 16.0. The van der Waals surface area contributed by atoms with Crippen molar-refractivity contribution in [3.8, 4) is 11.8 Å². The van der Waals surface area contributed by atoms with E-state index in [1.807, 2.05) is 4.90 Å². The van der Waals surface area contributed by atoms with Gasteiger partial charge in [0.2, 0.25) is 11.2 Å². The molecular weight excluding hydrogens is 454 g/mol. The zero-order valence-electron chi connectivity index (χ0n) is 17.8. The van der Waals surface area contributed by atoms with Crippen LogP contribution in [0.2, 0.25) is 5.28 Å². The van der Waals surface area contributed by atoms with Gasteiger partial charge in [-0.2, -0.15) is 15.0 Å². The predicted molar refractivity (Wildman–Crippen MR) is 115 cm³/mol. The Morgan fingerprint density at radius 1 is 1.21 bits per heavy atom. The van der Waals surface area contributed by atoms with Gasteiger partial charge in [0.1, 0.15) is 18.1 Å². The molecule has 1 N–H and O–H groups in total. The van der Waals surface area contributed by atoms with Crippen LogP contribution < -0.4 is 9.64 Å². The number of morpholine rings is 1. The summed E-state index contributed by atoms with van der Waals surface area (Å²) in [5.74, 6) is 0.0835. The summed E-state index contributed by atoms with van der Waals surface area (Å²) in [7, 11) is 1.31. The topological polar surface area (TPSA) is 138 Å². The molecule has 0 amide bonds. The van der Waals surface area contributed by atoms with Crippen LogP contribution in [0.25, 0.3) is 0 Å². The van der Waals surface area contributed by atoms with E-state index in [2.05, 4.69) is 25.3 Å². The number of ether oxygens (including phenoxy) is 3. The Balaban J connectivity index is 1.44. The molecule has 0 radical (unpaired) electrons. The number of carbonyl (C=O) groups excluding carboxylic acids is 1. The van der Waals surface area contributed by atoms with E-state index in [-0.39, 0.29) is 23.7 Å². The number of phenolic OH excluding ortho intramolecular Hbond substituents is 1. The Bertz CT molecular complexity index is 1090. The summed E-state index contributed by atoms with van der Waals surface area (Å²) in [6, 6.07) is 5.87. The Morgan fingerprint density at radius 3 is 2.70 bits per heavy atom. The highest BCUT2D eigenvalue weighted by Gasteiger charge is 2.24. The second-order valence-electron chi connectivity index (χ2n) is 7.17. The van der Waals surface area contributed by atoms with Crippen molar-refractivity contribution in [2.45, 2.75) is 19.1 Å². The number of rotatable bonds is 8. The van der Waals surface area contributed by atoms with E-state index in [1.165, 1.54) is 11.8 Å². The molecule has 1 aliphatic rings. The van der Waals surface area contributed by atoms with Gasteiger partial charge in [-0.1, -0.05) is 17.3 Å². The summed E-state index contributed by atoms with van der Waals surface area (Å²) in [6.07, 6.45) is 1.90. The van der Waals surface area contributed by atoms with E-state index >= 15 is 0 Å². The Kier molecular flexibility index (Phi) is 7.15. The highest BCUT2D eigenvalue weighted by molar-refractivity contribution is 6.28. The van der Waals surface area contributed by atoms with Gasteiger partial charge in [-0.05, 0) is 29.3 Å². The second kappa shape index (κ2) is 10.4. The third-order valence-electron chi connectivity index (χ3n) is 4.93. The molecule has 0 spiro atoms. The minimum absolute atomic E-state index is 0.00992. The molecule has 13 heteroatoms. The lowest BCUT2D eigenvalue weighted by Crippen LogP contribution is -2.37. The van der Waals surface area contributed by atoms with Crippen LogP contribution >= 0.6 is 11.6 Å². The monoisotopic (exact) mass is 475 g/mol. The zero-order chi connectivity index (χ0) is 23.2. The van der Waals surface area contributed by atoms with Crippen molar-refractivity contribution in [2.24, 2.45) is 0 Å². The van der Waals surface area contributed by atoms with Gasteiger partial charge in [-0.15, -0.1) is 5.10 Å². The fraction of sp³-hybridized carbons (Fsp3) is 0.400. The van der Waals surface area contributed by atoms with E-state index in [0.717, 1.165) is 5.56 Å². The number of aromatic nitrogens is 6. The average Bonchev–Trinajstić information content (AvgIpc) is 3.31. The summed E-state index contributed by atoms with van der Waals surface area (Å²) in [5, 5.41) is 17.6. The van der Waals surface area contributed by atoms with Crippen molar-refractivity contribution in [3.05, 3.63) is 47.0 Å². The van der Waals surface area contributed by atoms with Crippen LogP contribution in [-0.4, -0.2) is 74.4 Å². The lowest BCUT2D eigenvalue weighted by molar-refractivity contribution is -0.144. The predicted octanol–water partition coefficient (Wildman–Crippen LogP) is 1.19. The number of benzene rings is 1. The van der Waals surface area contributed by atoms with Crippen molar-refractivity contribution in [1.82, 2.24) is 29.9 Å². The summed E-state index contributed by atoms with van der Waals surface area (Å²) >= 11 is 6.03. The van der Waals surface area contributed by atoms with Crippen LogP contribution in [0, 0.1) is 0 Å². The van der Waals surface area contributed by atoms with Crippen molar-refractivity contribution in [3.63, 3.8) is 0 Å². The highest BCUT2D eigenvalue weighted by Crippen LogP contribution is 2.20. The number of phenols is 1. The third-order valence-corrected chi connectivity index (χ3v) is 5.10. The lowest BCUT2D eigenvalue weighted by atomic mass is 10.1. The molecule has 174 valence electrons. The molecule has 1 atom stereocenters. The standard InChI is InChI=1S/C20H22ClN7O5/c1-31-17(30)16(10-13-2-4-15(29)5-3-13)28-11-14(25-26-28)12-33-20-23-18(21)22-19(24-20)27-6-8-32-9-7-27/h2-5,11,16,29H,6-10,12H2,1H3/t16-/m0/s1. The molecule has 2 aromatic heterocycles. The van der Waals surface area contributed by atoms with Gasteiger partial charge in [0.05, 0.1) is 26.5 Å². The maximum atomic E-state index is 12.4. The molecule has 1 aromatic carbocycles. The number of halogens is 1. The molecule has 1 aliphatic heterocycles. The summed E-state index contributed by atoms with van der Waals surface area (Å²) < 4.78 is 17.3. The van der Waals surface area contributed by atoms with Gasteiger partial charge in [0, 0.05) is 19.5 Å². The molecule has 4 rings (SSSR count). The van der Waals surface area contributed by atoms with Gasteiger partial charge in [-0.3, -0.25) is 0 Å². The molecule has 0 bridgehead atoms. The van der Waals surface area contributed by atoms with Crippen molar-refractivity contribution in [1.29, 1.82) is 0 Å². The van der Waals surface area contributed by atoms with Crippen LogP contribution in [0.4, 0.5) is 5.95 Å². The zero-order valence-corrected chi connectivity index (χ0v) is 18.6. The first kappa shape index (κ1) is 22.7. The smallest absolute Gasteiger partial charge is 0.331 e. The lowest BCUT2D eigenvalue weighted by Gasteiger charge is -2.26. The summed E-state index contributed by atoms with van der Waals surface area (Å²) in [5.41, 5.74) is 1.28. The number of nitrogens with zero attached hydrogens (tertiary/aromatic N) is 7. The van der Waals surface area contributed by atoms with Gasteiger partial charge >= 0.3 is 12.0 Å². The molecule has 33 heavy (non-hydrogen) atoms. The maximum Gasteiger partial charge on any atom is 0.331 e. The Morgan fingerprint density at radius 2 is 1.97 bits per heavy atom. The quantitative estimate of drug-likeness (QED) is 0.470. The van der Waals surface area contributed by atoms with E-state index in [0.29, 0.717) is 44.4 Å². The van der Waals surface area contributed by atoms with Crippen molar-refractivity contribution in [2.75, 3.05) is 38.3 Å². The number of hydrogen-bond donors (Lipinski definition) is 1. The van der Waals surface area contributed by atoms with E-state index in [4.69, 9.17) is 25.8 Å². The van der Waals surface area contributed by atoms with Crippen LogP contribution in [0.3, 0.4) is 0 Å². The minimum atomic E-state index is -0.736. The number of hydrogen-bond acceptors (Lipinski definition) is 11. The summed E-state index contributed by atoms with van der Waals surface area (Å²) in [4.78, 5) is 26.7. The molecule has 0 saturated carbocycles. The van der Waals surface area contributed by atoms with Crippen LogP contribution in [-0.2, 0) is 27.3 Å². The summed E-state index contributed by atoms with van der Waals surface area (Å²) in [6.45, 7) is 2.45. The third kappa shape index (κ3) is 5.84. The van der Waals surface area contributed by atoms with Crippen LogP contribution in [0.15, 0.2) is 30.5 Å². The van der Waals surface area contributed by atoms with Gasteiger partial charge in [0.15, 0.2) is 6.04 Å². The first-order valence-corrected chi connectivity index (χ1v) is 10.5. The van der Waals surface area contributed by atoms with Gasteiger partial charge in [-0.25, -0.2) is 9.48 Å². The molecule has 0 unspecified atom stereocenters. The molecule has 3 heterocycles. The number of carbonyl (C=O) groups is 1. The SMILES string of the molecule is COC(=O)[C@H](Cc1ccc(O)cc1)n1cc(COc2nc(Cl)nc(N3CCOCC3)n2)nn1. The van der Waals surface area contributed by atoms with Crippen molar-refractivity contribution >= 4 is 23.5 Å². The van der Waals surface area contributed by atoms with E-state index in [9.17, 15) is 9.90 Å². The normalized spacial score (nSPS) is 14.7. The highest BCUT2D eigenvalue weighted by atomic mass is 35.5. The van der Waals surface area contributed by atoms with Crippen LogP contribution in [0.5, 0.6) is 11.8 Å². The van der Waals surface area contributed by atoms with Crippen LogP contribution in [0.1, 0.15) is 17.3 Å². The number of anilines is 1. The number of aromatic hydroxyl groups is 1. The fourth-order valence-electron chi connectivity index (χ4n) is 3.24.